The second-order valence-corrected chi connectivity index (χ2v) is 7.07. The molecular formula is C11H12N2O6S2. The molecule has 0 heterocycles. The molecule has 0 aliphatic heterocycles. The van der Waals surface area contributed by atoms with E-state index in [2.05, 4.69) is 5.32 Å². The molecule has 114 valence electrons. The van der Waals surface area contributed by atoms with Gasteiger partial charge in [-0.3, -0.25) is 9.11 Å². The first kappa shape index (κ1) is 15.5. The molecule has 0 unspecified atom stereocenters. The maximum atomic E-state index is 11.5. The molecule has 0 fully saturated rings. The Bertz CT molecular complexity index is 935. The number of fused-ring (bicyclic) bond motifs is 1. The lowest BCUT2D eigenvalue weighted by Crippen LogP contribution is -2.05. The van der Waals surface area contributed by atoms with Crippen molar-refractivity contribution >= 4 is 42.4 Å². The number of rotatable bonds is 3. The van der Waals surface area contributed by atoms with E-state index >= 15 is 0 Å². The molecule has 0 spiro atoms. The van der Waals surface area contributed by atoms with Gasteiger partial charge in [-0.05, 0) is 24.3 Å². The quantitative estimate of drug-likeness (QED) is 0.480. The van der Waals surface area contributed by atoms with Crippen molar-refractivity contribution in [3.8, 4) is 0 Å². The normalized spacial score (nSPS) is 12.5. The van der Waals surface area contributed by atoms with Crippen LogP contribution in [0.15, 0.2) is 34.1 Å². The third kappa shape index (κ3) is 2.93. The van der Waals surface area contributed by atoms with Crippen LogP contribution < -0.4 is 11.1 Å². The molecule has 2 rings (SSSR count). The molecule has 0 aliphatic carbocycles. The van der Waals surface area contributed by atoms with E-state index in [1.807, 2.05) is 0 Å². The minimum absolute atomic E-state index is 0.0720. The monoisotopic (exact) mass is 332 g/mol. The lowest BCUT2D eigenvalue weighted by molar-refractivity contribution is 0.481. The Kier molecular flexibility index (Phi) is 3.58. The minimum Gasteiger partial charge on any atom is -0.399 e. The van der Waals surface area contributed by atoms with Gasteiger partial charge in [-0.2, -0.15) is 16.8 Å². The SMILES string of the molecule is CNc1cc(S(=O)(=O)O)c2cc(N)cc(S(=O)(=O)O)c2c1. The molecule has 0 aliphatic rings. The third-order valence-electron chi connectivity index (χ3n) is 2.86. The summed E-state index contributed by atoms with van der Waals surface area (Å²) in [7, 11) is -7.75. The Balaban J connectivity index is 3.12. The van der Waals surface area contributed by atoms with E-state index in [-0.39, 0.29) is 22.1 Å². The second-order valence-electron chi connectivity index (χ2n) is 4.29. The minimum atomic E-state index is -4.62. The van der Waals surface area contributed by atoms with Gasteiger partial charge in [0.2, 0.25) is 0 Å². The van der Waals surface area contributed by atoms with Crippen molar-refractivity contribution in [2.45, 2.75) is 9.79 Å². The molecule has 0 amide bonds. The van der Waals surface area contributed by atoms with Gasteiger partial charge in [0.25, 0.3) is 20.2 Å². The van der Waals surface area contributed by atoms with Gasteiger partial charge in [-0.25, -0.2) is 0 Å². The van der Waals surface area contributed by atoms with Crippen LogP contribution in [0.4, 0.5) is 11.4 Å². The highest BCUT2D eigenvalue weighted by molar-refractivity contribution is 7.86. The van der Waals surface area contributed by atoms with Gasteiger partial charge in [0.15, 0.2) is 0 Å². The van der Waals surface area contributed by atoms with Crippen molar-refractivity contribution < 1.29 is 25.9 Å². The maximum Gasteiger partial charge on any atom is 0.295 e. The first-order chi connectivity index (χ1) is 9.54. The maximum absolute atomic E-state index is 11.5. The number of hydrogen-bond donors (Lipinski definition) is 4. The molecule has 0 saturated heterocycles. The average Bonchev–Trinajstić information content (AvgIpc) is 2.34. The molecule has 0 bridgehead atoms. The van der Waals surface area contributed by atoms with Crippen molar-refractivity contribution in [2.75, 3.05) is 18.1 Å². The number of nitrogens with two attached hydrogens (primary N) is 1. The highest BCUT2D eigenvalue weighted by Gasteiger charge is 2.22. The third-order valence-corrected chi connectivity index (χ3v) is 4.65. The molecule has 2 aromatic rings. The summed E-state index contributed by atoms with van der Waals surface area (Å²) in [4.78, 5) is -1.05. The number of nitrogens with one attached hydrogen (secondary N) is 1. The van der Waals surface area contributed by atoms with Crippen molar-refractivity contribution in [3.05, 3.63) is 24.3 Å². The molecule has 0 atom stereocenters. The molecule has 2 aromatic carbocycles. The predicted molar refractivity (Wildman–Crippen MR) is 77.5 cm³/mol. The van der Waals surface area contributed by atoms with E-state index in [9.17, 15) is 25.9 Å². The lowest BCUT2D eigenvalue weighted by Gasteiger charge is -2.11. The summed E-state index contributed by atoms with van der Waals surface area (Å²) >= 11 is 0. The van der Waals surface area contributed by atoms with Crippen LogP contribution in [0.3, 0.4) is 0 Å². The summed E-state index contributed by atoms with van der Waals surface area (Å²) in [6.07, 6.45) is 0. The zero-order valence-corrected chi connectivity index (χ0v) is 12.4. The molecular weight excluding hydrogens is 320 g/mol. The van der Waals surface area contributed by atoms with Crippen LogP contribution in [0.1, 0.15) is 0 Å². The van der Waals surface area contributed by atoms with Gasteiger partial charge < -0.3 is 11.1 Å². The fourth-order valence-electron chi connectivity index (χ4n) is 1.99. The first-order valence-electron chi connectivity index (χ1n) is 5.54. The summed E-state index contributed by atoms with van der Waals surface area (Å²) in [6, 6.07) is 4.66. The van der Waals surface area contributed by atoms with Gasteiger partial charge in [-0.15, -0.1) is 0 Å². The average molecular weight is 332 g/mol. The van der Waals surface area contributed by atoms with E-state index in [1.165, 1.54) is 19.2 Å². The Labute approximate surface area is 121 Å². The molecule has 0 aromatic heterocycles. The van der Waals surface area contributed by atoms with Gasteiger partial charge in [-0.1, -0.05) is 0 Å². The topological polar surface area (TPSA) is 147 Å². The van der Waals surface area contributed by atoms with Crippen LogP contribution >= 0.6 is 0 Å². The number of benzene rings is 2. The zero-order chi connectivity index (χ0) is 16.0. The molecule has 8 nitrogen and oxygen atoms in total. The van der Waals surface area contributed by atoms with Crippen LogP contribution in [-0.4, -0.2) is 33.0 Å². The lowest BCUT2D eigenvalue weighted by atomic mass is 10.1. The van der Waals surface area contributed by atoms with Crippen LogP contribution in [-0.2, 0) is 20.2 Å². The Morgan fingerprint density at radius 1 is 0.905 bits per heavy atom. The predicted octanol–water partition coefficient (Wildman–Crippen LogP) is 0.957. The van der Waals surface area contributed by atoms with Crippen LogP contribution in [0.2, 0.25) is 0 Å². The molecule has 0 saturated carbocycles. The molecule has 5 N–H and O–H groups in total. The van der Waals surface area contributed by atoms with Crippen LogP contribution in [0.5, 0.6) is 0 Å². The van der Waals surface area contributed by atoms with Crippen molar-refractivity contribution in [2.24, 2.45) is 0 Å². The van der Waals surface area contributed by atoms with E-state index in [0.29, 0.717) is 0 Å². The highest BCUT2D eigenvalue weighted by atomic mass is 32.2. The van der Waals surface area contributed by atoms with E-state index < -0.39 is 30.0 Å². The smallest absolute Gasteiger partial charge is 0.295 e. The Morgan fingerprint density at radius 2 is 1.38 bits per heavy atom. The number of anilines is 2. The Morgan fingerprint density at radius 3 is 1.86 bits per heavy atom. The summed E-state index contributed by atoms with van der Waals surface area (Å²) in [6.45, 7) is 0. The van der Waals surface area contributed by atoms with Crippen LogP contribution in [0.25, 0.3) is 10.8 Å². The molecule has 21 heavy (non-hydrogen) atoms. The fraction of sp³-hybridized carbons (Fsp3) is 0.0909. The standard InChI is InChI=1S/C11H12N2O6S2/c1-13-7-4-9-8(11(5-7)21(17,18)19)2-6(12)3-10(9)20(14,15)16/h2-5,13H,12H2,1H3,(H,14,15,16)(H,17,18,19). The summed E-state index contributed by atoms with van der Waals surface area (Å²) < 4.78 is 64.3. The summed E-state index contributed by atoms with van der Waals surface area (Å²) in [5.41, 5.74) is 5.71. The largest absolute Gasteiger partial charge is 0.399 e. The van der Waals surface area contributed by atoms with E-state index in [0.717, 1.165) is 12.1 Å². The van der Waals surface area contributed by atoms with Gasteiger partial charge in [0, 0.05) is 29.2 Å². The van der Waals surface area contributed by atoms with Crippen molar-refractivity contribution in [1.29, 1.82) is 0 Å². The van der Waals surface area contributed by atoms with Gasteiger partial charge >= 0.3 is 0 Å². The van der Waals surface area contributed by atoms with Crippen molar-refractivity contribution in [3.63, 3.8) is 0 Å². The molecule has 10 heteroatoms. The van der Waals surface area contributed by atoms with Crippen molar-refractivity contribution in [1.82, 2.24) is 0 Å². The highest BCUT2D eigenvalue weighted by Crippen LogP contribution is 2.33. The number of nitrogen functional groups attached to an aromatic ring is 1. The summed E-state index contributed by atoms with van der Waals surface area (Å²) in [5, 5.41) is 2.46. The molecule has 0 radical (unpaired) electrons. The van der Waals surface area contributed by atoms with Crippen LogP contribution in [0, 0.1) is 0 Å². The van der Waals surface area contributed by atoms with Gasteiger partial charge in [0.1, 0.15) is 9.79 Å². The van der Waals surface area contributed by atoms with Gasteiger partial charge in [0.05, 0.1) is 0 Å². The fourth-order valence-corrected chi connectivity index (χ4v) is 3.44. The zero-order valence-electron chi connectivity index (χ0n) is 10.7. The second kappa shape index (κ2) is 4.84. The summed E-state index contributed by atoms with van der Waals surface area (Å²) in [5.74, 6) is 0. The van der Waals surface area contributed by atoms with E-state index in [1.54, 1.807) is 0 Å². The number of hydrogen-bond acceptors (Lipinski definition) is 6. The first-order valence-corrected chi connectivity index (χ1v) is 8.42. The Hall–Kier alpha value is -1.88. The van der Waals surface area contributed by atoms with E-state index in [4.69, 9.17) is 5.73 Å².